The molecule has 6 bridgehead atoms. The summed E-state index contributed by atoms with van der Waals surface area (Å²) in [6.07, 6.45) is 4.09. The van der Waals surface area contributed by atoms with Crippen molar-refractivity contribution in [3.63, 3.8) is 0 Å². The average Bonchev–Trinajstić information content (AvgIpc) is 3.80. The Morgan fingerprint density at radius 3 is 2.59 bits per heavy atom. The molecule has 7 heterocycles. The van der Waals surface area contributed by atoms with Gasteiger partial charge < -0.3 is 28.6 Å². The normalized spacial score (nSPS) is 23.5. The van der Waals surface area contributed by atoms with E-state index < -0.39 is 17.7 Å². The van der Waals surface area contributed by atoms with Crippen LogP contribution in [0.3, 0.4) is 0 Å². The number of urea groups is 1. The summed E-state index contributed by atoms with van der Waals surface area (Å²) >= 11 is 0. The van der Waals surface area contributed by atoms with E-state index in [2.05, 4.69) is 17.6 Å². The maximum absolute atomic E-state index is 14.0. The Morgan fingerprint density at radius 1 is 0.961 bits per heavy atom. The summed E-state index contributed by atoms with van der Waals surface area (Å²) in [6, 6.07) is 16.0. The average molecular weight is 694 g/mol. The second kappa shape index (κ2) is 13.0. The molecule has 2 saturated heterocycles. The zero-order valence-electron chi connectivity index (χ0n) is 30.2. The van der Waals surface area contributed by atoms with Gasteiger partial charge >= 0.3 is 12.0 Å². The van der Waals surface area contributed by atoms with Crippen molar-refractivity contribution >= 4 is 50.9 Å². The zero-order valence-corrected chi connectivity index (χ0v) is 30.2. The van der Waals surface area contributed by atoms with Gasteiger partial charge in [0.15, 0.2) is 11.4 Å². The van der Waals surface area contributed by atoms with Crippen LogP contribution in [0.5, 0.6) is 6.01 Å². The maximum atomic E-state index is 14.0. The number of benzene rings is 2. The van der Waals surface area contributed by atoms with E-state index in [0.717, 1.165) is 47.6 Å². The highest BCUT2D eigenvalue weighted by molar-refractivity contribution is 6.06. The Bertz CT molecular complexity index is 2100. The lowest BCUT2D eigenvalue weighted by atomic mass is 9.93. The van der Waals surface area contributed by atoms with Gasteiger partial charge in [0.05, 0.1) is 17.6 Å². The van der Waals surface area contributed by atoms with Crippen molar-refractivity contribution < 1.29 is 23.5 Å². The van der Waals surface area contributed by atoms with E-state index in [1.807, 2.05) is 85.0 Å². The molecular formula is C39H47N7O5. The van der Waals surface area contributed by atoms with Gasteiger partial charge in [-0.1, -0.05) is 37.6 Å². The number of furan rings is 1. The molecule has 0 spiro atoms. The highest BCUT2D eigenvalue weighted by Crippen LogP contribution is 2.40. The topological polar surface area (TPSA) is 119 Å². The number of hydrogen-bond donors (Lipinski definition) is 0. The Kier molecular flexibility index (Phi) is 8.50. The van der Waals surface area contributed by atoms with Crippen molar-refractivity contribution in [2.24, 2.45) is 5.92 Å². The van der Waals surface area contributed by atoms with Gasteiger partial charge in [-0.15, -0.1) is 0 Å². The molecule has 2 amide bonds. The summed E-state index contributed by atoms with van der Waals surface area (Å²) in [5.74, 6) is 1.09. The number of hydrogen-bond acceptors (Lipinski definition) is 9. The molecule has 268 valence electrons. The molecule has 4 atom stereocenters. The number of anilines is 1. The van der Waals surface area contributed by atoms with Crippen LogP contribution in [-0.4, -0.2) is 92.3 Å². The number of ether oxygens (including phenoxy) is 2. The number of para-hydroxylation sites is 3. The first-order chi connectivity index (χ1) is 24.5. The van der Waals surface area contributed by atoms with Gasteiger partial charge in [-0.25, -0.2) is 19.6 Å². The molecule has 5 aromatic rings. The Morgan fingerprint density at radius 2 is 1.76 bits per heavy atom. The Balaban J connectivity index is 1.24. The highest BCUT2D eigenvalue weighted by atomic mass is 16.6. The van der Waals surface area contributed by atoms with E-state index >= 15 is 0 Å². The number of rotatable bonds is 1. The van der Waals surface area contributed by atoms with Gasteiger partial charge in [0.1, 0.15) is 34.7 Å². The third-order valence-corrected chi connectivity index (χ3v) is 10.5. The van der Waals surface area contributed by atoms with Crippen molar-refractivity contribution in [3.05, 3.63) is 54.4 Å². The minimum absolute atomic E-state index is 0.0751. The summed E-state index contributed by atoms with van der Waals surface area (Å²) < 4.78 is 21.6. The standard InChI is InChI=1S/C39H47N7O5/c1-24-22-44-20-18-28(24)46-29-15-10-9-14-27(29)40-37(46)49-25-21-30(36(47)51-39(2,3)4)45(23-25)35-34-33(26-13-8-11-16-31(26)50-34)41-32(42-35)17-7-6-12-19-43(5)38(44)48/h8-11,13-16,24-25,28,30H,6-7,12,17-23H2,1-5H3/t24-,25-,28-,30-/m0/s1. The van der Waals surface area contributed by atoms with Crippen LogP contribution in [0.4, 0.5) is 10.6 Å². The number of carbonyl (C=O) groups excluding carboxylic acids is 2. The van der Waals surface area contributed by atoms with Crippen LogP contribution in [0.1, 0.15) is 71.7 Å². The zero-order chi connectivity index (χ0) is 35.4. The predicted octanol–water partition coefficient (Wildman–Crippen LogP) is 6.75. The van der Waals surface area contributed by atoms with Gasteiger partial charge in [0.25, 0.3) is 6.01 Å². The third kappa shape index (κ3) is 6.33. The number of nitrogens with zero attached hydrogens (tertiary/aromatic N) is 7. The largest absolute Gasteiger partial charge is 0.459 e. The second-order valence-corrected chi connectivity index (χ2v) is 15.5. The van der Waals surface area contributed by atoms with E-state index in [4.69, 9.17) is 28.8 Å². The second-order valence-electron chi connectivity index (χ2n) is 15.5. The van der Waals surface area contributed by atoms with Crippen molar-refractivity contribution in [2.45, 2.75) is 90.0 Å². The number of esters is 1. The fourth-order valence-electron chi connectivity index (χ4n) is 8.05. The first-order valence-electron chi connectivity index (χ1n) is 18.4. The predicted molar refractivity (Wildman–Crippen MR) is 195 cm³/mol. The summed E-state index contributed by atoms with van der Waals surface area (Å²) in [7, 11) is 1.90. The van der Waals surface area contributed by atoms with Crippen LogP contribution >= 0.6 is 0 Å². The number of aromatic nitrogens is 4. The molecule has 0 N–H and O–H groups in total. The molecular weight excluding hydrogens is 646 g/mol. The molecule has 0 saturated carbocycles. The highest BCUT2D eigenvalue weighted by Gasteiger charge is 2.44. The quantitative estimate of drug-likeness (QED) is 0.176. The molecule has 4 aliphatic heterocycles. The van der Waals surface area contributed by atoms with Crippen molar-refractivity contribution in [1.82, 2.24) is 29.3 Å². The smallest absolute Gasteiger partial charge is 0.329 e. The van der Waals surface area contributed by atoms with Crippen LogP contribution in [-0.2, 0) is 16.0 Å². The van der Waals surface area contributed by atoms with Crippen LogP contribution in [0, 0.1) is 5.92 Å². The first-order valence-corrected chi connectivity index (χ1v) is 18.4. The molecule has 9 rings (SSSR count). The monoisotopic (exact) mass is 693 g/mol. The van der Waals surface area contributed by atoms with E-state index in [0.29, 0.717) is 67.8 Å². The minimum atomic E-state index is -0.675. The lowest BCUT2D eigenvalue weighted by Crippen LogP contribution is -2.48. The molecule has 12 nitrogen and oxygen atoms in total. The van der Waals surface area contributed by atoms with Crippen molar-refractivity contribution in [3.8, 4) is 6.01 Å². The number of imidazole rings is 1. The number of fused-ring (bicyclic) bond motifs is 12. The molecule has 0 aliphatic carbocycles. The Hall–Kier alpha value is -4.87. The fourth-order valence-corrected chi connectivity index (χ4v) is 8.05. The number of amides is 2. The third-order valence-electron chi connectivity index (χ3n) is 10.5. The van der Waals surface area contributed by atoms with Gasteiger partial charge in [-0.3, -0.25) is 4.57 Å². The van der Waals surface area contributed by atoms with Gasteiger partial charge in [0.2, 0.25) is 0 Å². The lowest BCUT2D eigenvalue weighted by Gasteiger charge is -2.39. The molecule has 2 fully saturated rings. The minimum Gasteiger partial charge on any atom is -0.459 e. The fraction of sp³-hybridized carbons (Fsp3) is 0.513. The molecule has 51 heavy (non-hydrogen) atoms. The van der Waals surface area contributed by atoms with Crippen LogP contribution in [0.2, 0.25) is 0 Å². The van der Waals surface area contributed by atoms with E-state index in [9.17, 15) is 9.59 Å². The summed E-state index contributed by atoms with van der Waals surface area (Å²) in [5.41, 5.74) is 3.15. The van der Waals surface area contributed by atoms with Crippen LogP contribution in [0.25, 0.3) is 33.1 Å². The molecule has 2 aromatic carbocycles. The molecule has 4 aliphatic rings. The van der Waals surface area contributed by atoms with Crippen molar-refractivity contribution in [2.75, 3.05) is 38.1 Å². The van der Waals surface area contributed by atoms with Gasteiger partial charge in [-0.05, 0) is 70.2 Å². The SMILES string of the molecule is C[C@H]1CN2CC[C@@H]1n1c(nc3ccccc31)O[C@H]1C[C@@H](C(=O)OC(C)(C)C)N(C1)c1nc(nc3c1oc1ccccc13)CCCCCN(C)C2=O. The van der Waals surface area contributed by atoms with Crippen molar-refractivity contribution in [1.29, 1.82) is 0 Å². The van der Waals surface area contributed by atoms with Crippen LogP contribution < -0.4 is 9.64 Å². The van der Waals surface area contributed by atoms with Gasteiger partial charge in [-0.2, -0.15) is 4.98 Å². The number of carbonyl (C=O) groups is 2. The maximum Gasteiger partial charge on any atom is 0.329 e. The lowest BCUT2D eigenvalue weighted by molar-refractivity contribution is -0.156. The first kappa shape index (κ1) is 33.3. The molecule has 0 radical (unpaired) electrons. The summed E-state index contributed by atoms with van der Waals surface area (Å²) in [5, 5.41) is 0.903. The van der Waals surface area contributed by atoms with Gasteiger partial charge in [0, 0.05) is 51.0 Å². The summed E-state index contributed by atoms with van der Waals surface area (Å²) in [4.78, 5) is 48.5. The molecule has 0 unspecified atom stereocenters. The van der Waals surface area contributed by atoms with E-state index in [1.165, 1.54) is 0 Å². The summed E-state index contributed by atoms with van der Waals surface area (Å²) in [6.45, 7) is 10.2. The van der Waals surface area contributed by atoms with Crippen LogP contribution in [0.15, 0.2) is 52.9 Å². The molecule has 12 heteroatoms. The van der Waals surface area contributed by atoms with E-state index in [1.54, 1.807) is 0 Å². The Labute approximate surface area is 297 Å². The number of aryl methyl sites for hydroxylation is 1. The van der Waals surface area contributed by atoms with E-state index in [-0.39, 0.29) is 24.0 Å². The molecule has 3 aromatic heterocycles. The number of piperidine rings is 1.